The topological polar surface area (TPSA) is 76.1 Å². The molecule has 8 heteroatoms. The van der Waals surface area contributed by atoms with Gasteiger partial charge >= 0.3 is 0 Å². The summed E-state index contributed by atoms with van der Waals surface area (Å²) >= 11 is 0. The monoisotopic (exact) mass is 372 g/mol. The lowest BCUT2D eigenvalue weighted by molar-refractivity contribution is 0.0953. The third-order valence-corrected chi connectivity index (χ3v) is 2.87. The van der Waals surface area contributed by atoms with E-state index in [1.54, 1.807) is 36.7 Å². The quantitative estimate of drug-likeness (QED) is 0.696. The van der Waals surface area contributed by atoms with Gasteiger partial charge in [0.1, 0.15) is 5.75 Å². The summed E-state index contributed by atoms with van der Waals surface area (Å²) in [5.41, 5.74) is 0.553. The van der Waals surface area contributed by atoms with E-state index < -0.39 is 0 Å². The Hall–Kier alpha value is -1.89. The van der Waals surface area contributed by atoms with E-state index in [-0.39, 0.29) is 30.7 Å². The minimum absolute atomic E-state index is 0. The lowest BCUT2D eigenvalue weighted by Gasteiger charge is -2.08. The number of ether oxygens (including phenoxy) is 1. The van der Waals surface area contributed by atoms with Crippen molar-refractivity contribution in [1.29, 1.82) is 0 Å². The van der Waals surface area contributed by atoms with Crippen molar-refractivity contribution in [3.8, 4) is 11.6 Å². The molecule has 0 aliphatic rings. The highest BCUT2D eigenvalue weighted by atomic mass is 35.5. The Morgan fingerprint density at radius 3 is 2.71 bits per heavy atom. The van der Waals surface area contributed by atoms with Crippen LogP contribution >= 0.6 is 24.8 Å². The number of nitrogens with zero attached hydrogens (tertiary/aromatic N) is 2. The molecule has 2 aromatic rings. The maximum absolute atomic E-state index is 12.1. The van der Waals surface area contributed by atoms with E-state index in [4.69, 9.17) is 4.74 Å². The molecule has 1 aromatic carbocycles. The summed E-state index contributed by atoms with van der Waals surface area (Å²) in [6, 6.07) is 6.98. The van der Waals surface area contributed by atoms with Gasteiger partial charge in [0.2, 0.25) is 5.88 Å². The summed E-state index contributed by atoms with van der Waals surface area (Å²) in [4.78, 5) is 20.0. The van der Waals surface area contributed by atoms with Gasteiger partial charge in [-0.2, -0.15) is 0 Å². The molecule has 0 bridgehead atoms. The average Bonchev–Trinajstić information content (AvgIpc) is 2.56. The molecule has 2 rings (SSSR count). The first-order valence-corrected chi connectivity index (χ1v) is 7.32. The van der Waals surface area contributed by atoms with Gasteiger partial charge in [-0.25, -0.2) is 4.98 Å². The highest BCUT2D eigenvalue weighted by Crippen LogP contribution is 2.19. The summed E-state index contributed by atoms with van der Waals surface area (Å²) in [5.74, 6) is 0.823. The Bertz CT molecular complexity index is 600. The van der Waals surface area contributed by atoms with Crippen molar-refractivity contribution < 1.29 is 9.53 Å². The van der Waals surface area contributed by atoms with Crippen LogP contribution in [0.2, 0.25) is 0 Å². The van der Waals surface area contributed by atoms with Gasteiger partial charge in [0.05, 0.1) is 6.20 Å². The molecule has 0 aliphatic carbocycles. The molecule has 24 heavy (non-hydrogen) atoms. The number of benzene rings is 1. The molecule has 0 saturated heterocycles. The maximum atomic E-state index is 12.1. The average molecular weight is 373 g/mol. The Morgan fingerprint density at radius 2 is 2.00 bits per heavy atom. The van der Waals surface area contributed by atoms with Gasteiger partial charge in [0.25, 0.3) is 5.91 Å². The van der Waals surface area contributed by atoms with Crippen molar-refractivity contribution in [2.75, 3.05) is 19.6 Å². The zero-order valence-corrected chi connectivity index (χ0v) is 15.0. The normalized spacial score (nSPS) is 9.38. The Balaban J connectivity index is 0.00000264. The molecule has 0 aliphatic heterocycles. The Morgan fingerprint density at radius 1 is 1.17 bits per heavy atom. The third kappa shape index (κ3) is 7.59. The van der Waals surface area contributed by atoms with Gasteiger partial charge < -0.3 is 15.4 Å². The van der Waals surface area contributed by atoms with E-state index in [9.17, 15) is 4.79 Å². The van der Waals surface area contributed by atoms with Gasteiger partial charge in [-0.05, 0) is 31.2 Å². The number of halogens is 2. The second-order valence-corrected chi connectivity index (χ2v) is 4.68. The first-order valence-electron chi connectivity index (χ1n) is 7.32. The summed E-state index contributed by atoms with van der Waals surface area (Å²) < 4.78 is 5.56. The molecule has 0 spiro atoms. The van der Waals surface area contributed by atoms with Crippen LogP contribution in [0.4, 0.5) is 0 Å². The largest absolute Gasteiger partial charge is 0.437 e. The second-order valence-electron chi connectivity index (χ2n) is 4.68. The van der Waals surface area contributed by atoms with Gasteiger partial charge in [-0.15, -0.1) is 24.8 Å². The smallest absolute Gasteiger partial charge is 0.251 e. The summed E-state index contributed by atoms with van der Waals surface area (Å²) in [7, 11) is 0. The third-order valence-electron chi connectivity index (χ3n) is 2.87. The summed E-state index contributed by atoms with van der Waals surface area (Å²) in [6.07, 6.45) is 5.72. The van der Waals surface area contributed by atoms with Crippen LogP contribution in [0.3, 0.4) is 0 Å². The van der Waals surface area contributed by atoms with E-state index in [0.717, 1.165) is 19.5 Å². The number of hydrogen-bond acceptors (Lipinski definition) is 5. The zero-order chi connectivity index (χ0) is 15.6. The van der Waals surface area contributed by atoms with Crippen molar-refractivity contribution in [3.63, 3.8) is 0 Å². The molecule has 1 amide bonds. The molecule has 0 radical (unpaired) electrons. The molecule has 1 aromatic heterocycles. The van der Waals surface area contributed by atoms with Crippen LogP contribution < -0.4 is 15.4 Å². The van der Waals surface area contributed by atoms with Gasteiger partial charge in [0, 0.05) is 31.0 Å². The fourth-order valence-electron chi connectivity index (χ4n) is 1.83. The number of carbonyl (C=O) groups is 1. The number of aromatic nitrogens is 2. The summed E-state index contributed by atoms with van der Waals surface area (Å²) in [5, 5.41) is 6.10. The summed E-state index contributed by atoms with van der Waals surface area (Å²) in [6.45, 7) is 4.41. The predicted octanol–water partition coefficient (Wildman–Crippen LogP) is 2.84. The van der Waals surface area contributed by atoms with Crippen LogP contribution in [-0.4, -0.2) is 35.5 Å². The molecule has 132 valence electrons. The predicted molar refractivity (Wildman–Crippen MR) is 98.5 cm³/mol. The first-order chi connectivity index (χ1) is 10.8. The van der Waals surface area contributed by atoms with E-state index >= 15 is 0 Å². The van der Waals surface area contributed by atoms with E-state index in [1.165, 1.54) is 6.20 Å². The van der Waals surface area contributed by atoms with Crippen molar-refractivity contribution in [3.05, 3.63) is 48.4 Å². The minimum atomic E-state index is -0.122. The number of carbonyl (C=O) groups excluding carboxylic acids is 1. The first kappa shape index (κ1) is 22.1. The Labute approximate surface area is 154 Å². The highest BCUT2D eigenvalue weighted by Gasteiger charge is 2.07. The maximum Gasteiger partial charge on any atom is 0.251 e. The van der Waals surface area contributed by atoms with Gasteiger partial charge in [-0.1, -0.05) is 13.0 Å². The fourth-order valence-corrected chi connectivity index (χ4v) is 1.83. The number of amides is 1. The van der Waals surface area contributed by atoms with Crippen molar-refractivity contribution in [2.45, 2.75) is 13.3 Å². The lowest BCUT2D eigenvalue weighted by atomic mass is 10.2. The number of hydrogen-bond donors (Lipinski definition) is 2. The second kappa shape index (κ2) is 12.5. The molecule has 0 atom stereocenters. The fraction of sp³-hybridized carbons (Fsp3) is 0.312. The number of rotatable bonds is 8. The molecular formula is C16H22Cl2N4O2. The molecule has 1 heterocycles. The molecule has 0 saturated carbocycles. The van der Waals surface area contributed by atoms with E-state index in [1.807, 2.05) is 0 Å². The van der Waals surface area contributed by atoms with Gasteiger partial charge in [-0.3, -0.25) is 9.78 Å². The Kier molecular flexibility index (Phi) is 11.5. The van der Waals surface area contributed by atoms with Crippen molar-refractivity contribution >= 4 is 30.7 Å². The van der Waals surface area contributed by atoms with Crippen LogP contribution in [0.15, 0.2) is 42.9 Å². The SMILES string of the molecule is CCCNCCNC(=O)c1cccc(Oc2cnccn2)c1.Cl.Cl. The molecular weight excluding hydrogens is 351 g/mol. The van der Waals surface area contributed by atoms with Crippen LogP contribution in [0.5, 0.6) is 11.6 Å². The van der Waals surface area contributed by atoms with Crippen LogP contribution in [-0.2, 0) is 0 Å². The minimum Gasteiger partial charge on any atom is -0.437 e. The molecule has 0 unspecified atom stereocenters. The molecule has 6 nitrogen and oxygen atoms in total. The lowest BCUT2D eigenvalue weighted by Crippen LogP contribution is -2.32. The van der Waals surface area contributed by atoms with E-state index in [0.29, 0.717) is 23.7 Å². The molecule has 2 N–H and O–H groups in total. The molecule has 0 fully saturated rings. The van der Waals surface area contributed by atoms with Crippen molar-refractivity contribution in [1.82, 2.24) is 20.6 Å². The number of nitrogens with one attached hydrogen (secondary N) is 2. The van der Waals surface area contributed by atoms with E-state index in [2.05, 4.69) is 27.5 Å². The van der Waals surface area contributed by atoms with Crippen LogP contribution in [0.1, 0.15) is 23.7 Å². The highest BCUT2D eigenvalue weighted by molar-refractivity contribution is 5.94. The van der Waals surface area contributed by atoms with Crippen LogP contribution in [0.25, 0.3) is 0 Å². The zero-order valence-electron chi connectivity index (χ0n) is 13.4. The van der Waals surface area contributed by atoms with Crippen LogP contribution in [0, 0.1) is 0 Å². The standard InChI is InChI=1S/C16H20N4O2.2ClH/c1-2-6-17-7-10-20-16(21)13-4-3-5-14(11-13)22-15-12-18-8-9-19-15;;/h3-5,8-9,11-12,17H,2,6-7,10H2,1H3,(H,20,21);2*1H. The van der Waals surface area contributed by atoms with Crippen molar-refractivity contribution in [2.24, 2.45) is 0 Å². The van der Waals surface area contributed by atoms with Gasteiger partial charge in [0.15, 0.2) is 0 Å².